The Hall–Kier alpha value is -0.740. The van der Waals surface area contributed by atoms with Crippen molar-refractivity contribution in [2.24, 2.45) is 0 Å². The molecule has 1 N–H and O–H groups in total. The quantitative estimate of drug-likeness (QED) is 0.780. The van der Waals surface area contributed by atoms with E-state index in [0.717, 1.165) is 11.5 Å². The van der Waals surface area contributed by atoms with E-state index in [1.807, 2.05) is 0 Å². The van der Waals surface area contributed by atoms with E-state index in [2.05, 4.69) is 6.92 Å². The van der Waals surface area contributed by atoms with E-state index in [-0.39, 0.29) is 5.82 Å². The summed E-state index contributed by atoms with van der Waals surface area (Å²) < 4.78 is 18.5. The van der Waals surface area contributed by atoms with Crippen LogP contribution >= 0.6 is 11.8 Å². The molecule has 0 heterocycles. The molecule has 1 aromatic rings. The third-order valence-electron chi connectivity index (χ3n) is 2.11. The molecule has 0 bridgehead atoms. The number of benzene rings is 1. The molecule has 1 atom stereocenters. The van der Waals surface area contributed by atoms with Crippen LogP contribution in [-0.2, 0) is 0 Å². The fourth-order valence-electron chi connectivity index (χ4n) is 1.33. The van der Waals surface area contributed by atoms with Crippen molar-refractivity contribution in [3.8, 4) is 5.75 Å². The van der Waals surface area contributed by atoms with Crippen molar-refractivity contribution in [3.63, 3.8) is 0 Å². The summed E-state index contributed by atoms with van der Waals surface area (Å²) in [4.78, 5) is 0. The molecule has 0 saturated heterocycles. The van der Waals surface area contributed by atoms with Gasteiger partial charge in [0.05, 0.1) is 12.7 Å². The van der Waals surface area contributed by atoms with Crippen molar-refractivity contribution in [1.29, 1.82) is 0 Å². The molecular weight excluding hydrogens is 227 g/mol. The molecule has 0 aromatic heterocycles. The van der Waals surface area contributed by atoms with Gasteiger partial charge in [0.1, 0.15) is 11.6 Å². The molecule has 0 radical (unpaired) electrons. The molecule has 0 spiro atoms. The lowest BCUT2D eigenvalue weighted by Crippen LogP contribution is -2.04. The van der Waals surface area contributed by atoms with Gasteiger partial charge in [-0.3, -0.25) is 0 Å². The van der Waals surface area contributed by atoms with Gasteiger partial charge in [0.25, 0.3) is 0 Å². The number of rotatable bonds is 6. The average Bonchev–Trinajstić information content (AvgIpc) is 2.26. The predicted molar refractivity (Wildman–Crippen MR) is 65.5 cm³/mol. The maximum atomic E-state index is 13.0. The highest BCUT2D eigenvalue weighted by Gasteiger charge is 2.10. The molecule has 0 aliphatic carbocycles. The number of aliphatic hydroxyl groups is 1. The number of aliphatic hydroxyl groups excluding tert-OH is 1. The maximum Gasteiger partial charge on any atom is 0.125 e. The molecular formula is C12H17FO2S. The predicted octanol–water partition coefficient (Wildman–Crippen LogP) is 3.01. The summed E-state index contributed by atoms with van der Waals surface area (Å²) in [5, 5.41) is 9.48. The van der Waals surface area contributed by atoms with Crippen molar-refractivity contribution < 1.29 is 14.2 Å². The first-order chi connectivity index (χ1) is 7.65. The van der Waals surface area contributed by atoms with Crippen LogP contribution in [0.15, 0.2) is 18.2 Å². The monoisotopic (exact) mass is 244 g/mol. The molecule has 1 unspecified atom stereocenters. The Morgan fingerprint density at radius 3 is 2.88 bits per heavy atom. The lowest BCUT2D eigenvalue weighted by Gasteiger charge is -2.13. The van der Waals surface area contributed by atoms with Crippen molar-refractivity contribution in [2.45, 2.75) is 20.0 Å². The van der Waals surface area contributed by atoms with Gasteiger partial charge in [-0.25, -0.2) is 4.39 Å². The zero-order valence-electron chi connectivity index (χ0n) is 9.57. The van der Waals surface area contributed by atoms with Gasteiger partial charge in [-0.2, -0.15) is 11.8 Å². The Kier molecular flexibility index (Phi) is 5.63. The minimum Gasteiger partial charge on any atom is -0.492 e. The van der Waals surface area contributed by atoms with E-state index in [4.69, 9.17) is 4.74 Å². The summed E-state index contributed by atoms with van der Waals surface area (Å²) in [5.74, 6) is 2.16. The zero-order chi connectivity index (χ0) is 12.0. The molecule has 16 heavy (non-hydrogen) atoms. The fraction of sp³-hybridized carbons (Fsp3) is 0.500. The van der Waals surface area contributed by atoms with Crippen LogP contribution in [0.25, 0.3) is 0 Å². The highest BCUT2D eigenvalue weighted by atomic mass is 32.2. The van der Waals surface area contributed by atoms with E-state index in [1.165, 1.54) is 12.1 Å². The van der Waals surface area contributed by atoms with Gasteiger partial charge >= 0.3 is 0 Å². The first-order valence-electron chi connectivity index (χ1n) is 5.33. The smallest absolute Gasteiger partial charge is 0.125 e. The third kappa shape index (κ3) is 4.02. The molecule has 0 fully saturated rings. The number of thioether (sulfide) groups is 1. The number of hydrogen-bond donors (Lipinski definition) is 1. The summed E-state index contributed by atoms with van der Waals surface area (Å²) in [7, 11) is 0. The average molecular weight is 244 g/mol. The van der Waals surface area contributed by atoms with Crippen LogP contribution < -0.4 is 4.74 Å². The SMILES string of the molecule is CCSCCOc1ccc(F)cc1C(C)O. The summed E-state index contributed by atoms with van der Waals surface area (Å²) in [6.45, 7) is 4.26. The maximum absolute atomic E-state index is 13.0. The van der Waals surface area contributed by atoms with Gasteiger partial charge in [-0.05, 0) is 30.9 Å². The Morgan fingerprint density at radius 1 is 1.50 bits per heavy atom. The molecule has 2 nitrogen and oxygen atoms in total. The first kappa shape index (κ1) is 13.3. The second kappa shape index (κ2) is 6.76. The van der Waals surface area contributed by atoms with Crippen molar-refractivity contribution in [1.82, 2.24) is 0 Å². The number of halogens is 1. The molecule has 0 amide bonds. The number of hydrogen-bond acceptors (Lipinski definition) is 3. The Morgan fingerprint density at radius 2 is 2.25 bits per heavy atom. The lowest BCUT2D eigenvalue weighted by molar-refractivity contribution is 0.191. The fourth-order valence-corrected chi connectivity index (χ4v) is 1.82. The van der Waals surface area contributed by atoms with Gasteiger partial charge in [-0.1, -0.05) is 6.92 Å². The van der Waals surface area contributed by atoms with E-state index in [9.17, 15) is 9.50 Å². The minimum absolute atomic E-state index is 0.355. The van der Waals surface area contributed by atoms with Gasteiger partial charge < -0.3 is 9.84 Å². The van der Waals surface area contributed by atoms with Crippen LogP contribution in [0.2, 0.25) is 0 Å². The van der Waals surface area contributed by atoms with Crippen molar-refractivity contribution in [3.05, 3.63) is 29.6 Å². The normalized spacial score (nSPS) is 12.5. The lowest BCUT2D eigenvalue weighted by atomic mass is 10.1. The molecule has 1 aromatic carbocycles. The van der Waals surface area contributed by atoms with E-state index >= 15 is 0 Å². The van der Waals surface area contributed by atoms with Gasteiger partial charge in [-0.15, -0.1) is 0 Å². The molecule has 0 aliphatic rings. The topological polar surface area (TPSA) is 29.5 Å². The summed E-state index contributed by atoms with van der Waals surface area (Å²) in [6.07, 6.45) is -0.718. The standard InChI is InChI=1S/C12H17FO2S/c1-3-16-7-6-15-12-5-4-10(13)8-11(12)9(2)14/h4-5,8-9,14H,3,6-7H2,1-2H3. The Balaban J connectivity index is 2.64. The molecule has 1 rings (SSSR count). The van der Waals surface area contributed by atoms with Crippen LogP contribution in [0.3, 0.4) is 0 Å². The van der Waals surface area contributed by atoms with Crippen LogP contribution in [0.1, 0.15) is 25.5 Å². The second-order valence-electron chi connectivity index (χ2n) is 3.40. The van der Waals surface area contributed by atoms with Crippen molar-refractivity contribution in [2.75, 3.05) is 18.1 Å². The van der Waals surface area contributed by atoms with Crippen LogP contribution in [-0.4, -0.2) is 23.2 Å². The summed E-state index contributed by atoms with van der Waals surface area (Å²) in [5.41, 5.74) is 0.501. The Labute approximate surface area is 99.8 Å². The molecule has 4 heteroatoms. The van der Waals surface area contributed by atoms with Gasteiger partial charge in [0.2, 0.25) is 0 Å². The second-order valence-corrected chi connectivity index (χ2v) is 4.80. The number of ether oxygens (including phenoxy) is 1. The van der Waals surface area contributed by atoms with E-state index < -0.39 is 6.10 Å². The van der Waals surface area contributed by atoms with Gasteiger partial charge in [0, 0.05) is 11.3 Å². The zero-order valence-corrected chi connectivity index (χ0v) is 10.4. The molecule has 0 saturated carbocycles. The highest BCUT2D eigenvalue weighted by molar-refractivity contribution is 7.99. The first-order valence-corrected chi connectivity index (χ1v) is 6.48. The summed E-state index contributed by atoms with van der Waals surface area (Å²) >= 11 is 1.78. The van der Waals surface area contributed by atoms with Crippen LogP contribution in [0.4, 0.5) is 4.39 Å². The van der Waals surface area contributed by atoms with E-state index in [1.54, 1.807) is 24.8 Å². The largest absolute Gasteiger partial charge is 0.492 e. The molecule has 0 aliphatic heterocycles. The van der Waals surface area contributed by atoms with Crippen LogP contribution in [0.5, 0.6) is 5.75 Å². The Bertz CT molecular complexity index is 329. The van der Waals surface area contributed by atoms with Crippen molar-refractivity contribution >= 4 is 11.8 Å². The minimum atomic E-state index is -0.718. The summed E-state index contributed by atoms with van der Waals surface area (Å²) in [6, 6.07) is 4.22. The molecule has 90 valence electrons. The highest BCUT2D eigenvalue weighted by Crippen LogP contribution is 2.26. The van der Waals surface area contributed by atoms with Gasteiger partial charge in [0.15, 0.2) is 0 Å². The third-order valence-corrected chi connectivity index (χ3v) is 2.97. The van der Waals surface area contributed by atoms with Crippen LogP contribution in [0, 0.1) is 5.82 Å². The van der Waals surface area contributed by atoms with E-state index in [0.29, 0.717) is 17.9 Å².